The van der Waals surface area contributed by atoms with Crippen molar-refractivity contribution in [3.8, 4) is 11.5 Å². The van der Waals surface area contributed by atoms with E-state index < -0.39 is 52.7 Å². The summed E-state index contributed by atoms with van der Waals surface area (Å²) < 4.78 is 70.4. The van der Waals surface area contributed by atoms with Gasteiger partial charge in [0, 0.05) is 18.2 Å². The maximum atomic E-state index is 12.4. The Morgan fingerprint density at radius 3 is 2.05 bits per heavy atom. The lowest BCUT2D eigenvalue weighted by molar-refractivity contribution is -0.192. The third-order valence-electron chi connectivity index (χ3n) is 4.50. The van der Waals surface area contributed by atoms with Crippen molar-refractivity contribution in [1.29, 1.82) is 0 Å². The van der Waals surface area contributed by atoms with Crippen LogP contribution in [0, 0.1) is 0 Å². The lowest BCUT2D eigenvalue weighted by Crippen LogP contribution is -2.47. The van der Waals surface area contributed by atoms with Gasteiger partial charge in [-0.2, -0.15) is 31.0 Å². The molecule has 0 aromatic heterocycles. The fourth-order valence-electron chi connectivity index (χ4n) is 2.68. The van der Waals surface area contributed by atoms with E-state index in [2.05, 4.69) is 9.71 Å². The molecule has 0 aliphatic heterocycles. The first kappa shape index (κ1) is 35.1. The number of benzene rings is 2. The number of halogens is 3. The quantitative estimate of drug-likeness (QED) is 0.0726. The van der Waals surface area contributed by atoms with Crippen molar-refractivity contribution in [2.75, 3.05) is 7.11 Å². The molecule has 0 fully saturated rings. The van der Waals surface area contributed by atoms with Gasteiger partial charge in [0.25, 0.3) is 10.2 Å². The molecule has 2 aromatic rings. The number of ether oxygens (including phenoxy) is 2. The van der Waals surface area contributed by atoms with E-state index in [1.807, 2.05) is 0 Å². The first-order chi connectivity index (χ1) is 19.3. The van der Waals surface area contributed by atoms with Crippen molar-refractivity contribution >= 4 is 45.7 Å². The normalized spacial score (nSPS) is 11.7. The minimum atomic E-state index is -5.08. The molecule has 0 heterocycles. The summed E-state index contributed by atoms with van der Waals surface area (Å²) in [7, 11) is -3.07. The zero-order chi connectivity index (χ0) is 32.3. The number of aliphatic carboxylic acids is 3. The first-order valence-corrected chi connectivity index (χ1v) is 12.4. The van der Waals surface area contributed by atoms with Crippen LogP contribution in [0.25, 0.3) is 0 Å². The number of nitrogens with zero attached hydrogens (tertiary/aromatic N) is 1. The average Bonchev–Trinajstić information content (AvgIpc) is 2.86. The summed E-state index contributed by atoms with van der Waals surface area (Å²) >= 11 is 0. The number of esters is 1. The number of carboxylic acids is 3. The Kier molecular flexibility index (Phi) is 12.7. The van der Waals surface area contributed by atoms with Crippen molar-refractivity contribution in [2.45, 2.75) is 25.2 Å². The molecule has 0 amide bonds. The molecule has 2 rings (SSSR count). The monoisotopic (exact) mass is 623 g/mol. The third kappa shape index (κ3) is 12.5. The summed E-state index contributed by atoms with van der Waals surface area (Å²) in [6.07, 6.45) is -6.03. The number of guanidine groups is 1. The third-order valence-corrected chi connectivity index (χ3v) is 5.62. The van der Waals surface area contributed by atoms with Gasteiger partial charge in [0.05, 0.1) is 24.8 Å². The Bertz CT molecular complexity index is 1430. The minimum absolute atomic E-state index is 0.109. The van der Waals surface area contributed by atoms with Gasteiger partial charge in [-0.05, 0) is 30.3 Å². The van der Waals surface area contributed by atoms with Gasteiger partial charge in [0.1, 0.15) is 17.5 Å². The maximum absolute atomic E-state index is 12.4. The summed E-state index contributed by atoms with van der Waals surface area (Å²) in [5, 5.41) is 24.8. The number of rotatable bonds is 12. The predicted molar refractivity (Wildman–Crippen MR) is 136 cm³/mol. The van der Waals surface area contributed by atoms with Crippen LogP contribution >= 0.6 is 0 Å². The van der Waals surface area contributed by atoms with E-state index in [1.165, 1.54) is 49.6 Å². The van der Waals surface area contributed by atoms with Crippen LogP contribution in [0.3, 0.4) is 0 Å². The fourth-order valence-corrected chi connectivity index (χ4v) is 3.66. The van der Waals surface area contributed by atoms with Crippen LogP contribution in [0.4, 0.5) is 18.9 Å². The van der Waals surface area contributed by atoms with E-state index in [1.54, 1.807) is 4.72 Å². The highest BCUT2D eigenvalue weighted by molar-refractivity contribution is 7.87. The number of aliphatic imine (C=N–C) groups is 1. The van der Waals surface area contributed by atoms with Crippen LogP contribution in [0.1, 0.15) is 22.3 Å². The van der Waals surface area contributed by atoms with Gasteiger partial charge < -0.3 is 36.3 Å². The molecule has 16 nitrogen and oxygen atoms in total. The SMILES string of the molecule is COc1cc(OC(=O)c2ccc(N=C(N)N)cc2)ccc1CNS(=O)(=O)N[C@@H](CC(=O)O)C(=O)O.O=C(O)C(F)(F)F. The Balaban J connectivity index is 0.00000112. The lowest BCUT2D eigenvalue weighted by atomic mass is 10.2. The molecule has 1 atom stereocenters. The molecular formula is C22H24F3N5O11S. The largest absolute Gasteiger partial charge is 0.496 e. The molecule has 0 saturated carbocycles. The molecule has 0 saturated heterocycles. The second-order valence-electron chi connectivity index (χ2n) is 7.68. The molecule has 42 heavy (non-hydrogen) atoms. The highest BCUT2D eigenvalue weighted by Gasteiger charge is 2.38. The molecule has 0 aliphatic rings. The zero-order valence-electron chi connectivity index (χ0n) is 21.3. The van der Waals surface area contributed by atoms with E-state index in [9.17, 15) is 36.0 Å². The van der Waals surface area contributed by atoms with Crippen LogP contribution in [0.15, 0.2) is 47.5 Å². The van der Waals surface area contributed by atoms with E-state index in [4.69, 9.17) is 41.1 Å². The number of hydrogen-bond donors (Lipinski definition) is 7. The van der Waals surface area contributed by atoms with Crippen LogP contribution in [0.5, 0.6) is 11.5 Å². The Morgan fingerprint density at radius 2 is 1.60 bits per heavy atom. The number of carboxylic acid groups (broad SMARTS) is 3. The number of methoxy groups -OCH3 is 1. The van der Waals surface area contributed by atoms with Gasteiger partial charge in [-0.1, -0.05) is 6.07 Å². The molecule has 230 valence electrons. The molecule has 0 unspecified atom stereocenters. The predicted octanol–water partition coefficient (Wildman–Crippen LogP) is 0.305. The number of nitrogens with one attached hydrogen (secondary N) is 2. The van der Waals surface area contributed by atoms with Crippen LogP contribution in [0.2, 0.25) is 0 Å². The van der Waals surface area contributed by atoms with Crippen molar-refractivity contribution < 1.29 is 65.6 Å². The maximum Gasteiger partial charge on any atom is 0.490 e. The minimum Gasteiger partial charge on any atom is -0.496 e. The number of carbonyl (C=O) groups excluding carboxylic acids is 1. The van der Waals surface area contributed by atoms with Crippen molar-refractivity contribution in [3.05, 3.63) is 53.6 Å². The summed E-state index contributed by atoms with van der Waals surface area (Å²) in [5.74, 6) is -6.43. The fraction of sp³-hybridized carbons (Fsp3) is 0.227. The second kappa shape index (κ2) is 15.2. The standard InChI is InChI=1S/C20H23N5O9S.C2HF3O2/c1-33-16-8-14(34-19(30)11-2-5-13(6-3-11)24-20(21)22)7-4-12(16)10-23-35(31,32)25-15(18(28)29)9-17(26)27;3-2(4,5)1(6)7/h2-8,15,23,25H,9-10H2,1H3,(H,26,27)(H,28,29)(H4,21,22,24);(H,6,7)/t15-;/m0./s1. The summed E-state index contributed by atoms with van der Waals surface area (Å²) in [6, 6.07) is 8.29. The molecular weight excluding hydrogens is 599 g/mol. The molecule has 0 radical (unpaired) electrons. The molecule has 2 aromatic carbocycles. The van der Waals surface area contributed by atoms with Crippen molar-refractivity contribution in [1.82, 2.24) is 9.44 Å². The molecule has 0 spiro atoms. The topological polar surface area (TPSA) is 270 Å². The number of hydrogen-bond acceptors (Lipinski definition) is 9. The number of alkyl halides is 3. The van der Waals surface area contributed by atoms with Gasteiger partial charge in [0.15, 0.2) is 5.96 Å². The van der Waals surface area contributed by atoms with Crippen molar-refractivity contribution in [2.24, 2.45) is 16.5 Å². The smallest absolute Gasteiger partial charge is 0.490 e. The van der Waals surface area contributed by atoms with Gasteiger partial charge in [-0.15, -0.1) is 0 Å². The van der Waals surface area contributed by atoms with Gasteiger partial charge >= 0.3 is 30.1 Å². The average molecular weight is 624 g/mol. The Hall–Kier alpha value is -4.95. The molecule has 0 aliphatic carbocycles. The van der Waals surface area contributed by atoms with Crippen LogP contribution in [-0.4, -0.2) is 72.9 Å². The zero-order valence-corrected chi connectivity index (χ0v) is 22.1. The molecule has 20 heteroatoms. The first-order valence-electron chi connectivity index (χ1n) is 10.9. The Morgan fingerprint density at radius 1 is 1.02 bits per heavy atom. The van der Waals surface area contributed by atoms with E-state index >= 15 is 0 Å². The van der Waals surface area contributed by atoms with Crippen molar-refractivity contribution in [3.63, 3.8) is 0 Å². The molecule has 0 bridgehead atoms. The van der Waals surface area contributed by atoms with Gasteiger partial charge in [0.2, 0.25) is 0 Å². The number of nitrogens with two attached hydrogens (primary N) is 2. The van der Waals surface area contributed by atoms with Gasteiger partial charge in [-0.3, -0.25) is 9.59 Å². The lowest BCUT2D eigenvalue weighted by Gasteiger charge is -2.15. The summed E-state index contributed by atoms with van der Waals surface area (Å²) in [6.45, 7) is -0.335. The highest BCUT2D eigenvalue weighted by Crippen LogP contribution is 2.26. The highest BCUT2D eigenvalue weighted by atomic mass is 32.2. The van der Waals surface area contributed by atoms with E-state index in [-0.39, 0.29) is 29.6 Å². The number of carbonyl (C=O) groups is 4. The van der Waals surface area contributed by atoms with Crippen LogP contribution < -0.4 is 30.4 Å². The molecule has 9 N–H and O–H groups in total. The van der Waals surface area contributed by atoms with Crippen LogP contribution in [-0.2, 0) is 31.1 Å². The van der Waals surface area contributed by atoms with E-state index in [0.717, 1.165) is 0 Å². The summed E-state index contributed by atoms with van der Waals surface area (Å²) in [4.78, 5) is 46.9. The van der Waals surface area contributed by atoms with Gasteiger partial charge in [-0.25, -0.2) is 14.6 Å². The van der Waals surface area contributed by atoms with E-state index in [0.29, 0.717) is 11.3 Å². The summed E-state index contributed by atoms with van der Waals surface area (Å²) in [5.41, 5.74) is 11.6. The Labute approximate surface area is 234 Å². The second-order valence-corrected chi connectivity index (χ2v) is 9.21.